The maximum absolute atomic E-state index is 10.0. The fourth-order valence-electron chi connectivity index (χ4n) is 1.26. The van der Waals surface area contributed by atoms with E-state index >= 15 is 0 Å². The molecule has 0 radical (unpaired) electrons. The maximum atomic E-state index is 10.0. The van der Waals surface area contributed by atoms with E-state index < -0.39 is 5.60 Å². The van der Waals surface area contributed by atoms with Gasteiger partial charge in [0.05, 0.1) is 24.1 Å². The van der Waals surface area contributed by atoms with Crippen molar-refractivity contribution in [2.75, 3.05) is 6.61 Å². The van der Waals surface area contributed by atoms with Crippen LogP contribution in [0.2, 0.25) is 0 Å². The second-order valence-corrected chi connectivity index (χ2v) is 3.86. The summed E-state index contributed by atoms with van der Waals surface area (Å²) >= 11 is 0. The zero-order valence-electron chi connectivity index (χ0n) is 9.81. The Labute approximate surface area is 95.9 Å². The number of aromatic nitrogens is 1. The van der Waals surface area contributed by atoms with Crippen LogP contribution in [0.25, 0.3) is 0 Å². The highest BCUT2D eigenvalue weighted by Crippen LogP contribution is 2.17. The van der Waals surface area contributed by atoms with Gasteiger partial charge in [-0.25, -0.2) is 0 Å². The number of hydrogen-bond acceptors (Lipinski definition) is 4. The van der Waals surface area contributed by atoms with Crippen LogP contribution in [0.4, 0.5) is 0 Å². The van der Waals surface area contributed by atoms with E-state index in [2.05, 4.69) is 4.98 Å². The number of pyridine rings is 1. The lowest BCUT2D eigenvalue weighted by atomic mass is 9.99. The Morgan fingerprint density at radius 1 is 1.31 bits per heavy atom. The lowest BCUT2D eigenvalue weighted by molar-refractivity contribution is -0.0114. The summed E-state index contributed by atoms with van der Waals surface area (Å²) in [4.78, 5) is 3.99. The van der Waals surface area contributed by atoms with Gasteiger partial charge in [-0.15, -0.1) is 0 Å². The van der Waals surface area contributed by atoms with Crippen LogP contribution in [0.5, 0.6) is 5.75 Å². The van der Waals surface area contributed by atoms with Gasteiger partial charge in [0.15, 0.2) is 0 Å². The van der Waals surface area contributed by atoms with Crippen LogP contribution >= 0.6 is 0 Å². The number of nitrogens with zero attached hydrogens (tertiary/aromatic N) is 1. The molecule has 4 nitrogen and oxygen atoms in total. The minimum absolute atomic E-state index is 0.0753. The number of aliphatic hydroxyl groups is 2. The van der Waals surface area contributed by atoms with Gasteiger partial charge in [-0.3, -0.25) is 4.98 Å². The van der Waals surface area contributed by atoms with Crippen LogP contribution in [0.1, 0.15) is 32.4 Å². The Morgan fingerprint density at radius 2 is 2.00 bits per heavy atom. The van der Waals surface area contributed by atoms with Gasteiger partial charge in [0, 0.05) is 0 Å². The maximum Gasteiger partial charge on any atom is 0.137 e. The zero-order valence-corrected chi connectivity index (χ0v) is 9.81. The van der Waals surface area contributed by atoms with E-state index in [4.69, 9.17) is 9.84 Å². The average molecular weight is 225 g/mol. The summed E-state index contributed by atoms with van der Waals surface area (Å²) in [6, 6.07) is 3.44. The molecule has 4 heteroatoms. The fourth-order valence-corrected chi connectivity index (χ4v) is 1.26. The van der Waals surface area contributed by atoms with Crippen LogP contribution in [0, 0.1) is 0 Å². The van der Waals surface area contributed by atoms with Crippen molar-refractivity contribution in [3.05, 3.63) is 24.0 Å². The molecule has 0 aliphatic carbocycles. The molecule has 0 aromatic carbocycles. The molecule has 1 aromatic rings. The van der Waals surface area contributed by atoms with Crippen LogP contribution in [0.3, 0.4) is 0 Å². The van der Waals surface area contributed by atoms with Gasteiger partial charge in [-0.2, -0.15) is 0 Å². The molecule has 0 amide bonds. The third-order valence-corrected chi connectivity index (χ3v) is 2.78. The molecule has 16 heavy (non-hydrogen) atoms. The molecular formula is C12H19NO3. The van der Waals surface area contributed by atoms with E-state index in [9.17, 15) is 5.11 Å². The molecule has 0 saturated heterocycles. The third-order valence-electron chi connectivity index (χ3n) is 2.78. The second kappa shape index (κ2) is 5.82. The van der Waals surface area contributed by atoms with Crippen molar-refractivity contribution in [3.8, 4) is 5.75 Å². The molecule has 1 heterocycles. The van der Waals surface area contributed by atoms with E-state index in [1.165, 1.54) is 0 Å². The highest BCUT2D eigenvalue weighted by Gasteiger charge is 2.22. The predicted octanol–water partition coefficient (Wildman–Crippen LogP) is 1.50. The normalized spacial score (nSPS) is 11.5. The zero-order chi connectivity index (χ0) is 12.0. The van der Waals surface area contributed by atoms with Gasteiger partial charge in [-0.1, -0.05) is 13.8 Å². The largest absolute Gasteiger partial charge is 0.489 e. The SMILES string of the molecule is CCC(O)(CC)COc1ccc(CO)nc1. The standard InChI is InChI=1S/C12H19NO3/c1-3-12(15,4-2)9-16-11-6-5-10(8-14)13-7-11/h5-7,14-15H,3-4,8-9H2,1-2H3. The number of rotatable bonds is 6. The Hall–Kier alpha value is -1.13. The molecule has 2 N–H and O–H groups in total. The first-order chi connectivity index (χ1) is 7.63. The van der Waals surface area contributed by atoms with Crippen LogP contribution in [0.15, 0.2) is 18.3 Å². The molecule has 0 unspecified atom stereocenters. The molecule has 1 rings (SSSR count). The first-order valence-corrected chi connectivity index (χ1v) is 5.54. The summed E-state index contributed by atoms with van der Waals surface area (Å²) in [6.07, 6.45) is 2.87. The summed E-state index contributed by atoms with van der Waals surface area (Å²) < 4.78 is 5.46. The molecule has 0 fully saturated rings. The Bertz CT molecular complexity index is 307. The monoisotopic (exact) mass is 225 g/mol. The third kappa shape index (κ3) is 3.47. The summed E-state index contributed by atoms with van der Waals surface area (Å²) in [5.41, 5.74) is -0.163. The lowest BCUT2D eigenvalue weighted by Gasteiger charge is -2.24. The van der Waals surface area contributed by atoms with Gasteiger partial charge in [0.2, 0.25) is 0 Å². The van der Waals surface area contributed by atoms with E-state index in [0.29, 0.717) is 24.3 Å². The number of hydrogen-bond donors (Lipinski definition) is 2. The summed E-state index contributed by atoms with van der Waals surface area (Å²) in [5.74, 6) is 0.609. The summed E-state index contributed by atoms with van der Waals surface area (Å²) in [6.45, 7) is 4.05. The molecular weight excluding hydrogens is 206 g/mol. The Balaban J connectivity index is 2.54. The number of aliphatic hydroxyl groups excluding tert-OH is 1. The highest BCUT2D eigenvalue weighted by molar-refractivity contribution is 5.19. The van der Waals surface area contributed by atoms with Gasteiger partial charge in [0.25, 0.3) is 0 Å². The minimum Gasteiger partial charge on any atom is -0.489 e. The van der Waals surface area contributed by atoms with Gasteiger partial charge in [0.1, 0.15) is 12.4 Å². The van der Waals surface area contributed by atoms with E-state index in [0.717, 1.165) is 0 Å². The van der Waals surface area contributed by atoms with E-state index in [-0.39, 0.29) is 13.2 Å². The van der Waals surface area contributed by atoms with Crippen molar-refractivity contribution in [2.45, 2.75) is 38.9 Å². The smallest absolute Gasteiger partial charge is 0.137 e. The first kappa shape index (κ1) is 12.9. The Kier molecular flexibility index (Phi) is 4.71. The predicted molar refractivity (Wildman–Crippen MR) is 61.2 cm³/mol. The average Bonchev–Trinajstić information content (AvgIpc) is 2.36. The summed E-state index contributed by atoms with van der Waals surface area (Å²) in [7, 11) is 0. The molecule has 0 bridgehead atoms. The quantitative estimate of drug-likeness (QED) is 0.770. The first-order valence-electron chi connectivity index (χ1n) is 5.54. The van der Waals surface area contributed by atoms with E-state index in [1.54, 1.807) is 18.3 Å². The van der Waals surface area contributed by atoms with Crippen molar-refractivity contribution in [1.29, 1.82) is 0 Å². The summed E-state index contributed by atoms with van der Waals surface area (Å²) in [5, 5.41) is 18.8. The van der Waals surface area contributed by atoms with Crippen LogP contribution < -0.4 is 4.74 Å². The molecule has 1 aromatic heterocycles. The number of ether oxygens (including phenoxy) is 1. The van der Waals surface area contributed by atoms with Gasteiger partial charge in [-0.05, 0) is 25.0 Å². The van der Waals surface area contributed by atoms with Crippen molar-refractivity contribution in [3.63, 3.8) is 0 Å². The van der Waals surface area contributed by atoms with Crippen molar-refractivity contribution >= 4 is 0 Å². The molecule has 90 valence electrons. The van der Waals surface area contributed by atoms with Crippen molar-refractivity contribution in [1.82, 2.24) is 4.98 Å². The van der Waals surface area contributed by atoms with Gasteiger partial charge < -0.3 is 14.9 Å². The fraction of sp³-hybridized carbons (Fsp3) is 0.583. The lowest BCUT2D eigenvalue weighted by Crippen LogP contribution is -2.34. The van der Waals surface area contributed by atoms with Gasteiger partial charge >= 0.3 is 0 Å². The molecule has 0 aliphatic rings. The Morgan fingerprint density at radius 3 is 2.44 bits per heavy atom. The van der Waals surface area contributed by atoms with Crippen molar-refractivity contribution < 1.29 is 14.9 Å². The van der Waals surface area contributed by atoms with Crippen molar-refractivity contribution in [2.24, 2.45) is 0 Å². The molecule has 0 aliphatic heterocycles. The topological polar surface area (TPSA) is 62.6 Å². The molecule has 0 atom stereocenters. The van der Waals surface area contributed by atoms with Crippen LogP contribution in [-0.4, -0.2) is 27.4 Å². The van der Waals surface area contributed by atoms with Crippen LogP contribution in [-0.2, 0) is 6.61 Å². The highest BCUT2D eigenvalue weighted by atomic mass is 16.5. The molecule has 0 spiro atoms. The second-order valence-electron chi connectivity index (χ2n) is 3.86. The van der Waals surface area contributed by atoms with E-state index in [1.807, 2.05) is 13.8 Å². The minimum atomic E-state index is -0.768. The molecule has 0 saturated carbocycles.